The Bertz CT molecular complexity index is 539. The Morgan fingerprint density at radius 2 is 2.05 bits per heavy atom. The fraction of sp³-hybridized carbons (Fsp3) is 0.643. The number of hydrogen-bond acceptors (Lipinski definition) is 5. The van der Waals surface area contributed by atoms with Crippen LogP contribution < -0.4 is 10.5 Å². The molecule has 1 fully saturated rings. The average molecular weight is 312 g/mol. The highest BCUT2D eigenvalue weighted by Crippen LogP contribution is 2.12. The Kier molecular flexibility index (Phi) is 5.55. The molecule has 1 aromatic rings. The first-order valence-corrected chi connectivity index (χ1v) is 8.89. The van der Waals surface area contributed by atoms with Gasteiger partial charge in [-0.05, 0) is 44.0 Å². The number of piperidine rings is 1. The molecule has 1 aliphatic rings. The van der Waals surface area contributed by atoms with Crippen molar-refractivity contribution in [1.29, 1.82) is 0 Å². The molecular weight excluding hydrogens is 288 g/mol. The van der Waals surface area contributed by atoms with Crippen LogP contribution in [0.2, 0.25) is 0 Å². The number of likely N-dealkylation sites (tertiary alicyclic amines) is 1. The van der Waals surface area contributed by atoms with Crippen LogP contribution in [0.25, 0.3) is 0 Å². The van der Waals surface area contributed by atoms with E-state index in [0.717, 1.165) is 19.6 Å². The molecule has 0 spiro atoms. The monoisotopic (exact) mass is 312 g/mol. The van der Waals surface area contributed by atoms with Gasteiger partial charge in [0.25, 0.3) is 0 Å². The lowest BCUT2D eigenvalue weighted by Crippen LogP contribution is -2.38. The molecule has 0 bridgehead atoms. The maximum Gasteiger partial charge on any atom is 0.242 e. The molecule has 0 radical (unpaired) electrons. The van der Waals surface area contributed by atoms with E-state index >= 15 is 0 Å². The number of pyridine rings is 1. The van der Waals surface area contributed by atoms with Gasteiger partial charge in [0.1, 0.15) is 10.7 Å². The van der Waals surface area contributed by atoms with Crippen molar-refractivity contribution >= 4 is 15.8 Å². The summed E-state index contributed by atoms with van der Waals surface area (Å²) in [4.78, 5) is 6.38. The third-order valence-electron chi connectivity index (χ3n) is 3.71. The lowest BCUT2D eigenvalue weighted by atomic mass is 10.1. The minimum absolute atomic E-state index is 0.155. The van der Waals surface area contributed by atoms with Crippen LogP contribution in [-0.4, -0.2) is 44.5 Å². The van der Waals surface area contributed by atoms with E-state index in [4.69, 9.17) is 5.73 Å². The lowest BCUT2D eigenvalue weighted by molar-refractivity contribution is 0.201. The molecule has 2 rings (SSSR count). The van der Waals surface area contributed by atoms with Gasteiger partial charge in [0.05, 0.1) is 0 Å². The van der Waals surface area contributed by atoms with Crippen molar-refractivity contribution in [3.8, 4) is 0 Å². The van der Waals surface area contributed by atoms with E-state index < -0.39 is 10.0 Å². The molecule has 0 saturated carbocycles. The summed E-state index contributed by atoms with van der Waals surface area (Å²) in [5.74, 6) is 0.590. The highest BCUT2D eigenvalue weighted by atomic mass is 32.2. The SMILES string of the molecule is CC(CNS(=O)(=O)c1ccc(N)nc1)CN1CCCCC1. The van der Waals surface area contributed by atoms with E-state index in [1.165, 1.54) is 37.6 Å². The molecule has 1 aliphatic heterocycles. The first-order valence-electron chi connectivity index (χ1n) is 7.41. The smallest absolute Gasteiger partial charge is 0.242 e. The molecule has 1 unspecified atom stereocenters. The van der Waals surface area contributed by atoms with E-state index in [1.54, 1.807) is 0 Å². The maximum absolute atomic E-state index is 12.1. The summed E-state index contributed by atoms with van der Waals surface area (Å²) in [6, 6.07) is 2.96. The number of sulfonamides is 1. The Morgan fingerprint density at radius 3 is 2.67 bits per heavy atom. The van der Waals surface area contributed by atoms with Crippen molar-refractivity contribution in [3.05, 3.63) is 18.3 Å². The molecule has 2 heterocycles. The fourth-order valence-electron chi connectivity index (χ4n) is 2.53. The number of anilines is 1. The van der Waals surface area contributed by atoms with E-state index in [1.807, 2.05) is 0 Å². The zero-order valence-electron chi connectivity index (χ0n) is 12.5. The fourth-order valence-corrected chi connectivity index (χ4v) is 3.64. The Morgan fingerprint density at radius 1 is 1.33 bits per heavy atom. The molecule has 0 amide bonds. The molecule has 3 N–H and O–H groups in total. The number of nitrogens with zero attached hydrogens (tertiary/aromatic N) is 2. The summed E-state index contributed by atoms with van der Waals surface area (Å²) in [7, 11) is -3.50. The third-order valence-corrected chi connectivity index (χ3v) is 5.12. The van der Waals surface area contributed by atoms with Gasteiger partial charge in [-0.2, -0.15) is 0 Å². The van der Waals surface area contributed by atoms with E-state index in [0.29, 0.717) is 12.4 Å². The molecule has 1 atom stereocenters. The topological polar surface area (TPSA) is 88.3 Å². The van der Waals surface area contributed by atoms with Gasteiger partial charge >= 0.3 is 0 Å². The van der Waals surface area contributed by atoms with Crippen LogP contribution in [0, 0.1) is 5.92 Å². The maximum atomic E-state index is 12.1. The number of hydrogen-bond donors (Lipinski definition) is 2. The standard InChI is InChI=1S/C14H24N4O2S/c1-12(11-18-7-3-2-4-8-18)9-17-21(19,20)13-5-6-14(15)16-10-13/h5-6,10,12,17H,2-4,7-9,11H2,1H3,(H2,15,16). The second-order valence-electron chi connectivity index (χ2n) is 5.74. The first kappa shape index (κ1) is 16.2. The van der Waals surface area contributed by atoms with E-state index in [-0.39, 0.29) is 10.8 Å². The van der Waals surface area contributed by atoms with Crippen molar-refractivity contribution in [2.45, 2.75) is 31.1 Å². The first-order chi connectivity index (χ1) is 9.97. The number of rotatable bonds is 6. The second-order valence-corrected chi connectivity index (χ2v) is 7.50. The Hall–Kier alpha value is -1.18. The molecule has 6 nitrogen and oxygen atoms in total. The van der Waals surface area contributed by atoms with Gasteiger partial charge in [-0.1, -0.05) is 13.3 Å². The highest BCUT2D eigenvalue weighted by molar-refractivity contribution is 7.89. The van der Waals surface area contributed by atoms with Crippen molar-refractivity contribution in [1.82, 2.24) is 14.6 Å². The van der Waals surface area contributed by atoms with Crippen LogP contribution in [0.4, 0.5) is 5.82 Å². The zero-order valence-corrected chi connectivity index (χ0v) is 13.3. The molecule has 21 heavy (non-hydrogen) atoms. The Balaban J connectivity index is 1.84. The molecular formula is C14H24N4O2S. The van der Waals surface area contributed by atoms with Crippen LogP contribution >= 0.6 is 0 Å². The molecule has 0 aromatic carbocycles. The number of nitrogens with one attached hydrogen (secondary N) is 1. The molecule has 7 heteroatoms. The molecule has 118 valence electrons. The van der Waals surface area contributed by atoms with Crippen molar-refractivity contribution < 1.29 is 8.42 Å². The summed E-state index contributed by atoms with van der Waals surface area (Å²) in [5, 5.41) is 0. The zero-order chi connectivity index (χ0) is 15.3. The van der Waals surface area contributed by atoms with Crippen molar-refractivity contribution in [2.24, 2.45) is 5.92 Å². The summed E-state index contributed by atoms with van der Waals surface area (Å²) >= 11 is 0. The molecule has 1 aromatic heterocycles. The van der Waals surface area contributed by atoms with Crippen LogP contribution in [0.15, 0.2) is 23.2 Å². The van der Waals surface area contributed by atoms with Crippen LogP contribution in [0.3, 0.4) is 0 Å². The van der Waals surface area contributed by atoms with Gasteiger partial charge in [-0.25, -0.2) is 18.1 Å². The third kappa shape index (κ3) is 4.94. The van der Waals surface area contributed by atoms with Crippen LogP contribution in [0.1, 0.15) is 26.2 Å². The number of nitrogen functional groups attached to an aromatic ring is 1. The van der Waals surface area contributed by atoms with Crippen LogP contribution in [0.5, 0.6) is 0 Å². The van der Waals surface area contributed by atoms with Gasteiger partial charge in [0.15, 0.2) is 0 Å². The van der Waals surface area contributed by atoms with E-state index in [9.17, 15) is 8.42 Å². The number of nitrogens with two attached hydrogens (primary N) is 1. The predicted molar refractivity (Wildman–Crippen MR) is 83.3 cm³/mol. The van der Waals surface area contributed by atoms with Crippen LogP contribution in [-0.2, 0) is 10.0 Å². The van der Waals surface area contributed by atoms with Crippen molar-refractivity contribution in [2.75, 3.05) is 31.9 Å². The minimum Gasteiger partial charge on any atom is -0.384 e. The summed E-state index contributed by atoms with van der Waals surface area (Å²) in [6.07, 6.45) is 5.08. The summed E-state index contributed by atoms with van der Waals surface area (Å²) < 4.78 is 26.9. The van der Waals surface area contributed by atoms with Gasteiger partial charge in [0.2, 0.25) is 10.0 Å². The van der Waals surface area contributed by atoms with Gasteiger partial charge < -0.3 is 10.6 Å². The summed E-state index contributed by atoms with van der Waals surface area (Å²) in [5.41, 5.74) is 5.46. The van der Waals surface area contributed by atoms with Gasteiger partial charge in [-0.15, -0.1) is 0 Å². The molecule has 0 aliphatic carbocycles. The average Bonchev–Trinajstić information content (AvgIpc) is 2.47. The molecule has 1 saturated heterocycles. The van der Waals surface area contributed by atoms with Crippen molar-refractivity contribution in [3.63, 3.8) is 0 Å². The largest absolute Gasteiger partial charge is 0.384 e. The normalized spacial score (nSPS) is 18.5. The quantitative estimate of drug-likeness (QED) is 0.820. The number of aromatic nitrogens is 1. The Labute approximate surface area is 126 Å². The van der Waals surface area contributed by atoms with E-state index in [2.05, 4.69) is 21.5 Å². The lowest BCUT2D eigenvalue weighted by Gasteiger charge is -2.29. The minimum atomic E-state index is -3.50. The summed E-state index contributed by atoms with van der Waals surface area (Å²) in [6.45, 7) is 5.68. The van der Waals surface area contributed by atoms with Gasteiger partial charge in [-0.3, -0.25) is 0 Å². The van der Waals surface area contributed by atoms with Gasteiger partial charge in [0, 0.05) is 19.3 Å². The predicted octanol–water partition coefficient (Wildman–Crippen LogP) is 1.06. The highest BCUT2D eigenvalue weighted by Gasteiger charge is 2.18. The second kappa shape index (κ2) is 7.20.